The van der Waals surface area contributed by atoms with Crippen molar-refractivity contribution in [2.24, 2.45) is 5.92 Å². The van der Waals surface area contributed by atoms with Crippen molar-refractivity contribution in [2.45, 2.75) is 20.4 Å². The van der Waals surface area contributed by atoms with Gasteiger partial charge in [-0.2, -0.15) is 0 Å². The third-order valence-corrected chi connectivity index (χ3v) is 2.68. The van der Waals surface area contributed by atoms with E-state index in [0.717, 1.165) is 11.3 Å². The van der Waals surface area contributed by atoms with Gasteiger partial charge in [-0.05, 0) is 20.0 Å². The van der Waals surface area contributed by atoms with Gasteiger partial charge in [0.2, 0.25) is 5.91 Å². The summed E-state index contributed by atoms with van der Waals surface area (Å²) < 4.78 is 5.51. The molecule has 1 unspecified atom stereocenters. The number of carbonyl (C=O) groups excluding carboxylic acids is 1. The number of nitrogens with one attached hydrogen (secondary N) is 2. The van der Waals surface area contributed by atoms with E-state index in [1.807, 2.05) is 45.2 Å². The van der Waals surface area contributed by atoms with Crippen molar-refractivity contribution in [2.75, 3.05) is 20.2 Å². The third-order valence-electron chi connectivity index (χ3n) is 2.68. The molecule has 1 aromatic carbocycles. The molecule has 0 aliphatic rings. The molecule has 100 valence electrons. The predicted octanol–water partition coefficient (Wildman–Crippen LogP) is 1.56. The first-order valence-corrected chi connectivity index (χ1v) is 6.32. The van der Waals surface area contributed by atoms with Crippen LogP contribution in [0.5, 0.6) is 5.75 Å². The molecule has 4 nitrogen and oxygen atoms in total. The Bertz CT molecular complexity index is 380. The van der Waals surface area contributed by atoms with Crippen molar-refractivity contribution in [3.8, 4) is 5.75 Å². The molecule has 0 radical (unpaired) electrons. The van der Waals surface area contributed by atoms with E-state index < -0.39 is 0 Å². The number of rotatable bonds is 7. The quantitative estimate of drug-likeness (QED) is 0.772. The van der Waals surface area contributed by atoms with Crippen molar-refractivity contribution in [1.29, 1.82) is 0 Å². The Hall–Kier alpha value is -1.55. The van der Waals surface area contributed by atoms with Crippen molar-refractivity contribution >= 4 is 5.91 Å². The van der Waals surface area contributed by atoms with E-state index >= 15 is 0 Å². The van der Waals surface area contributed by atoms with Gasteiger partial charge in [0.05, 0.1) is 6.61 Å². The second-order valence-corrected chi connectivity index (χ2v) is 4.22. The highest BCUT2D eigenvalue weighted by Crippen LogP contribution is 2.17. The van der Waals surface area contributed by atoms with Crippen molar-refractivity contribution in [3.63, 3.8) is 0 Å². The van der Waals surface area contributed by atoms with Gasteiger partial charge in [0.25, 0.3) is 0 Å². The molecule has 0 bridgehead atoms. The van der Waals surface area contributed by atoms with Gasteiger partial charge in [-0.3, -0.25) is 4.79 Å². The summed E-state index contributed by atoms with van der Waals surface area (Å²) in [6, 6.07) is 7.76. The minimum atomic E-state index is -0.0331. The fraction of sp³-hybridized carbons (Fsp3) is 0.500. The average Bonchev–Trinajstić information content (AvgIpc) is 2.38. The summed E-state index contributed by atoms with van der Waals surface area (Å²) in [5.41, 5.74) is 1.00. The molecule has 1 atom stereocenters. The maximum Gasteiger partial charge on any atom is 0.224 e. The highest BCUT2D eigenvalue weighted by Gasteiger charge is 2.12. The second-order valence-electron chi connectivity index (χ2n) is 4.22. The molecule has 4 heteroatoms. The monoisotopic (exact) mass is 250 g/mol. The summed E-state index contributed by atoms with van der Waals surface area (Å²) in [7, 11) is 1.84. The fourth-order valence-corrected chi connectivity index (χ4v) is 1.70. The van der Waals surface area contributed by atoms with Gasteiger partial charge in [0, 0.05) is 24.6 Å². The number of hydrogen-bond acceptors (Lipinski definition) is 3. The van der Waals surface area contributed by atoms with E-state index in [1.165, 1.54) is 0 Å². The van der Waals surface area contributed by atoms with Crippen LogP contribution in [-0.2, 0) is 11.3 Å². The van der Waals surface area contributed by atoms with Gasteiger partial charge >= 0.3 is 0 Å². The Balaban J connectivity index is 2.55. The first-order valence-electron chi connectivity index (χ1n) is 6.32. The normalized spacial score (nSPS) is 11.9. The smallest absolute Gasteiger partial charge is 0.224 e. The van der Waals surface area contributed by atoms with Crippen molar-refractivity contribution in [1.82, 2.24) is 10.6 Å². The molecular weight excluding hydrogens is 228 g/mol. The lowest BCUT2D eigenvalue weighted by Gasteiger charge is -2.13. The zero-order valence-corrected chi connectivity index (χ0v) is 11.3. The molecule has 0 heterocycles. The Morgan fingerprint density at radius 2 is 2.11 bits per heavy atom. The minimum Gasteiger partial charge on any atom is -0.494 e. The topological polar surface area (TPSA) is 50.4 Å². The Labute approximate surface area is 109 Å². The van der Waals surface area contributed by atoms with Gasteiger partial charge in [0.1, 0.15) is 5.75 Å². The van der Waals surface area contributed by atoms with Crippen molar-refractivity contribution < 1.29 is 9.53 Å². The van der Waals surface area contributed by atoms with Crippen LogP contribution in [0.3, 0.4) is 0 Å². The van der Waals surface area contributed by atoms with E-state index in [2.05, 4.69) is 10.6 Å². The van der Waals surface area contributed by atoms with Crippen LogP contribution in [0, 0.1) is 5.92 Å². The molecule has 0 fully saturated rings. The molecule has 1 amide bonds. The van der Waals surface area contributed by atoms with E-state index in [9.17, 15) is 4.79 Å². The summed E-state index contributed by atoms with van der Waals surface area (Å²) in [5.74, 6) is 0.853. The van der Waals surface area contributed by atoms with Crippen LogP contribution in [0.1, 0.15) is 19.4 Å². The number of hydrogen-bond donors (Lipinski definition) is 2. The van der Waals surface area contributed by atoms with Crippen LogP contribution in [-0.4, -0.2) is 26.1 Å². The van der Waals surface area contributed by atoms with Crippen LogP contribution in [0.15, 0.2) is 24.3 Å². The molecule has 0 aromatic heterocycles. The van der Waals surface area contributed by atoms with E-state index in [1.54, 1.807) is 0 Å². The molecular formula is C14H22N2O2. The lowest BCUT2D eigenvalue weighted by atomic mass is 10.1. The van der Waals surface area contributed by atoms with Gasteiger partial charge < -0.3 is 15.4 Å². The minimum absolute atomic E-state index is 0.0331. The zero-order chi connectivity index (χ0) is 13.4. The van der Waals surface area contributed by atoms with Crippen LogP contribution >= 0.6 is 0 Å². The Morgan fingerprint density at radius 1 is 1.39 bits per heavy atom. The number of para-hydroxylation sites is 1. The number of benzene rings is 1. The molecule has 2 N–H and O–H groups in total. The van der Waals surface area contributed by atoms with E-state index in [0.29, 0.717) is 19.7 Å². The lowest BCUT2D eigenvalue weighted by molar-refractivity contribution is -0.124. The summed E-state index contributed by atoms with van der Waals surface area (Å²) in [4.78, 5) is 11.8. The molecule has 0 aliphatic carbocycles. The van der Waals surface area contributed by atoms with Gasteiger partial charge in [-0.15, -0.1) is 0 Å². The molecule has 0 spiro atoms. The third kappa shape index (κ3) is 4.37. The van der Waals surface area contributed by atoms with Crippen LogP contribution in [0.4, 0.5) is 0 Å². The van der Waals surface area contributed by atoms with Gasteiger partial charge in [0.15, 0.2) is 0 Å². The van der Waals surface area contributed by atoms with E-state index in [4.69, 9.17) is 4.74 Å². The molecule has 0 aliphatic heterocycles. The molecule has 1 rings (SSSR count). The summed E-state index contributed by atoms with van der Waals surface area (Å²) in [6.45, 7) is 5.66. The van der Waals surface area contributed by atoms with Crippen LogP contribution in [0.25, 0.3) is 0 Å². The molecule has 0 saturated heterocycles. The first-order chi connectivity index (χ1) is 8.69. The number of carbonyl (C=O) groups is 1. The molecule has 18 heavy (non-hydrogen) atoms. The first kappa shape index (κ1) is 14.5. The van der Waals surface area contributed by atoms with Crippen molar-refractivity contribution in [3.05, 3.63) is 29.8 Å². The SMILES string of the molecule is CCOc1ccccc1CNC(=O)C(C)CNC. The Morgan fingerprint density at radius 3 is 2.78 bits per heavy atom. The maximum absolute atomic E-state index is 11.8. The molecule has 1 aromatic rings. The summed E-state index contributed by atoms with van der Waals surface area (Å²) in [5, 5.41) is 5.92. The van der Waals surface area contributed by atoms with E-state index in [-0.39, 0.29) is 11.8 Å². The fourth-order valence-electron chi connectivity index (χ4n) is 1.70. The number of ether oxygens (including phenoxy) is 1. The van der Waals surface area contributed by atoms with Crippen LogP contribution in [0.2, 0.25) is 0 Å². The summed E-state index contributed by atoms with van der Waals surface area (Å²) in [6.07, 6.45) is 0. The maximum atomic E-state index is 11.8. The highest BCUT2D eigenvalue weighted by atomic mass is 16.5. The summed E-state index contributed by atoms with van der Waals surface area (Å²) >= 11 is 0. The largest absolute Gasteiger partial charge is 0.494 e. The predicted molar refractivity (Wildman–Crippen MR) is 72.5 cm³/mol. The van der Waals surface area contributed by atoms with Gasteiger partial charge in [-0.1, -0.05) is 25.1 Å². The number of amides is 1. The van der Waals surface area contributed by atoms with Crippen LogP contribution < -0.4 is 15.4 Å². The standard InChI is InChI=1S/C14H22N2O2/c1-4-18-13-8-6-5-7-12(13)10-16-14(17)11(2)9-15-3/h5-8,11,15H,4,9-10H2,1-3H3,(H,16,17). The average molecular weight is 250 g/mol. The highest BCUT2D eigenvalue weighted by molar-refractivity contribution is 5.78. The lowest BCUT2D eigenvalue weighted by Crippen LogP contribution is -2.33. The van der Waals surface area contributed by atoms with Gasteiger partial charge in [-0.25, -0.2) is 0 Å². The second kappa shape index (κ2) is 7.71. The Kier molecular flexibility index (Phi) is 6.22. The molecule has 0 saturated carbocycles. The zero-order valence-electron chi connectivity index (χ0n) is 11.3.